The molecule has 0 saturated carbocycles. The van der Waals surface area contributed by atoms with Gasteiger partial charge in [0.25, 0.3) is 5.88 Å². The van der Waals surface area contributed by atoms with Crippen molar-refractivity contribution in [3.05, 3.63) is 6.20 Å². The first-order valence-electron chi connectivity index (χ1n) is 4.01. The number of hydrogen-bond donors (Lipinski definition) is 1. The Balaban J connectivity index is 2.57. The van der Waals surface area contributed by atoms with Crippen molar-refractivity contribution >= 4 is 5.69 Å². The van der Waals surface area contributed by atoms with E-state index in [-0.39, 0.29) is 0 Å². The molecule has 0 radical (unpaired) electrons. The molecular formula is C8H15N3O. The van der Waals surface area contributed by atoms with E-state index in [4.69, 9.17) is 10.5 Å². The molecule has 0 aliphatic rings. The van der Waals surface area contributed by atoms with Gasteiger partial charge in [-0.1, -0.05) is 13.8 Å². The molecule has 1 aromatic heterocycles. The molecular weight excluding hydrogens is 154 g/mol. The summed E-state index contributed by atoms with van der Waals surface area (Å²) in [4.78, 5) is 0. The molecule has 1 rings (SSSR count). The van der Waals surface area contributed by atoms with Crippen LogP contribution in [0.1, 0.15) is 13.8 Å². The predicted molar refractivity (Wildman–Crippen MR) is 48.0 cm³/mol. The third kappa shape index (κ3) is 2.15. The van der Waals surface area contributed by atoms with Gasteiger partial charge in [-0.25, -0.2) is 0 Å². The molecule has 0 amide bonds. The van der Waals surface area contributed by atoms with E-state index in [2.05, 4.69) is 18.9 Å². The summed E-state index contributed by atoms with van der Waals surface area (Å²) in [6, 6.07) is 0. The standard InChI is InChI=1S/C8H15N3O/c1-6(2)5-12-8-7(9)4-11(3)10-8/h4,6H,5,9H2,1-3H3. The topological polar surface area (TPSA) is 53.1 Å². The van der Waals surface area contributed by atoms with Crippen molar-refractivity contribution in [2.24, 2.45) is 13.0 Å². The number of nitrogen functional groups attached to an aromatic ring is 1. The summed E-state index contributed by atoms with van der Waals surface area (Å²) in [6.07, 6.45) is 1.73. The number of rotatable bonds is 3. The first-order chi connectivity index (χ1) is 5.59. The highest BCUT2D eigenvalue weighted by Gasteiger charge is 2.05. The van der Waals surface area contributed by atoms with E-state index in [1.54, 1.807) is 10.9 Å². The molecule has 4 nitrogen and oxygen atoms in total. The lowest BCUT2D eigenvalue weighted by Crippen LogP contribution is -2.06. The van der Waals surface area contributed by atoms with Gasteiger partial charge in [-0.05, 0) is 5.92 Å². The molecule has 68 valence electrons. The Morgan fingerprint density at radius 2 is 2.33 bits per heavy atom. The van der Waals surface area contributed by atoms with Gasteiger partial charge in [-0.2, -0.15) is 0 Å². The van der Waals surface area contributed by atoms with E-state index in [9.17, 15) is 0 Å². The summed E-state index contributed by atoms with van der Waals surface area (Å²) < 4.78 is 7.01. The largest absolute Gasteiger partial charge is 0.475 e. The minimum Gasteiger partial charge on any atom is -0.475 e. The van der Waals surface area contributed by atoms with E-state index in [1.165, 1.54) is 0 Å². The third-order valence-corrected chi connectivity index (χ3v) is 1.37. The first kappa shape index (κ1) is 8.90. The van der Waals surface area contributed by atoms with Crippen LogP contribution in [0.4, 0.5) is 5.69 Å². The van der Waals surface area contributed by atoms with E-state index in [0.29, 0.717) is 24.1 Å². The number of aromatic nitrogens is 2. The quantitative estimate of drug-likeness (QED) is 0.735. The van der Waals surface area contributed by atoms with Gasteiger partial charge in [0.1, 0.15) is 5.69 Å². The van der Waals surface area contributed by atoms with Gasteiger partial charge in [0.15, 0.2) is 0 Å². The highest BCUT2D eigenvalue weighted by molar-refractivity contribution is 5.45. The molecule has 1 heterocycles. The van der Waals surface area contributed by atoms with Crippen LogP contribution in [0, 0.1) is 5.92 Å². The van der Waals surface area contributed by atoms with Crippen LogP contribution in [0.2, 0.25) is 0 Å². The monoisotopic (exact) mass is 169 g/mol. The second kappa shape index (κ2) is 3.47. The highest BCUT2D eigenvalue weighted by Crippen LogP contribution is 2.17. The molecule has 0 aliphatic heterocycles. The van der Waals surface area contributed by atoms with Crippen LogP contribution in [0.15, 0.2) is 6.20 Å². The van der Waals surface area contributed by atoms with Gasteiger partial charge < -0.3 is 10.5 Å². The lowest BCUT2D eigenvalue weighted by Gasteiger charge is -2.05. The van der Waals surface area contributed by atoms with Crippen LogP contribution in [0.3, 0.4) is 0 Å². The molecule has 0 bridgehead atoms. The van der Waals surface area contributed by atoms with Crippen molar-refractivity contribution in [2.75, 3.05) is 12.3 Å². The maximum absolute atomic E-state index is 5.62. The predicted octanol–water partition coefficient (Wildman–Crippen LogP) is 1.04. The van der Waals surface area contributed by atoms with Crippen LogP contribution in [0.5, 0.6) is 5.88 Å². The average Bonchev–Trinajstić information content (AvgIpc) is 2.26. The Morgan fingerprint density at radius 3 is 2.75 bits per heavy atom. The molecule has 12 heavy (non-hydrogen) atoms. The van der Waals surface area contributed by atoms with Crippen molar-refractivity contribution in [3.63, 3.8) is 0 Å². The van der Waals surface area contributed by atoms with E-state index >= 15 is 0 Å². The maximum atomic E-state index is 5.62. The Kier molecular flexibility index (Phi) is 2.58. The molecule has 1 aromatic rings. The number of ether oxygens (including phenoxy) is 1. The number of aryl methyl sites for hydroxylation is 1. The zero-order valence-electron chi connectivity index (χ0n) is 7.74. The average molecular weight is 169 g/mol. The summed E-state index contributed by atoms with van der Waals surface area (Å²) in [5.41, 5.74) is 6.21. The fraction of sp³-hybridized carbons (Fsp3) is 0.625. The molecule has 0 spiro atoms. The number of hydrogen-bond acceptors (Lipinski definition) is 3. The van der Waals surface area contributed by atoms with Gasteiger partial charge in [0.05, 0.1) is 12.8 Å². The molecule has 0 unspecified atom stereocenters. The minimum absolute atomic E-state index is 0.492. The van der Waals surface area contributed by atoms with Crippen LogP contribution in [-0.2, 0) is 7.05 Å². The second-order valence-corrected chi connectivity index (χ2v) is 3.27. The van der Waals surface area contributed by atoms with Crippen molar-refractivity contribution < 1.29 is 4.74 Å². The number of nitrogens with zero attached hydrogens (tertiary/aromatic N) is 2. The lowest BCUT2D eigenvalue weighted by molar-refractivity contribution is 0.260. The summed E-state index contributed by atoms with van der Waals surface area (Å²) in [5, 5.41) is 4.05. The molecule has 2 N–H and O–H groups in total. The van der Waals surface area contributed by atoms with E-state index < -0.39 is 0 Å². The molecule has 0 aromatic carbocycles. The van der Waals surface area contributed by atoms with Crippen molar-refractivity contribution in [3.8, 4) is 5.88 Å². The lowest BCUT2D eigenvalue weighted by atomic mass is 10.2. The Labute approximate surface area is 72.3 Å². The minimum atomic E-state index is 0.492. The molecule has 0 atom stereocenters. The SMILES string of the molecule is CC(C)COc1nn(C)cc1N. The van der Waals surface area contributed by atoms with Gasteiger partial charge in [-0.3, -0.25) is 4.68 Å². The van der Waals surface area contributed by atoms with Crippen LogP contribution in [-0.4, -0.2) is 16.4 Å². The number of nitrogens with two attached hydrogens (primary N) is 1. The molecule has 4 heteroatoms. The number of anilines is 1. The highest BCUT2D eigenvalue weighted by atomic mass is 16.5. The molecule has 0 fully saturated rings. The fourth-order valence-electron chi connectivity index (χ4n) is 0.844. The van der Waals surface area contributed by atoms with Crippen LogP contribution < -0.4 is 10.5 Å². The van der Waals surface area contributed by atoms with Gasteiger partial charge in [0.2, 0.25) is 0 Å². The third-order valence-electron chi connectivity index (χ3n) is 1.37. The summed E-state index contributed by atoms with van der Waals surface area (Å²) >= 11 is 0. The second-order valence-electron chi connectivity index (χ2n) is 3.27. The maximum Gasteiger partial charge on any atom is 0.256 e. The van der Waals surface area contributed by atoms with Crippen molar-refractivity contribution in [1.29, 1.82) is 0 Å². The first-order valence-corrected chi connectivity index (χ1v) is 4.01. The fourth-order valence-corrected chi connectivity index (χ4v) is 0.844. The Hall–Kier alpha value is -1.19. The Bertz CT molecular complexity index is 255. The summed E-state index contributed by atoms with van der Waals surface area (Å²) in [7, 11) is 1.82. The van der Waals surface area contributed by atoms with E-state index in [1.807, 2.05) is 7.05 Å². The zero-order valence-corrected chi connectivity index (χ0v) is 7.74. The summed E-state index contributed by atoms with van der Waals surface area (Å²) in [5.74, 6) is 1.03. The van der Waals surface area contributed by atoms with Crippen LogP contribution in [0.25, 0.3) is 0 Å². The van der Waals surface area contributed by atoms with E-state index in [0.717, 1.165) is 0 Å². The van der Waals surface area contributed by atoms with Crippen molar-refractivity contribution in [1.82, 2.24) is 9.78 Å². The van der Waals surface area contributed by atoms with Gasteiger partial charge in [0, 0.05) is 7.05 Å². The zero-order chi connectivity index (χ0) is 9.14. The van der Waals surface area contributed by atoms with Crippen molar-refractivity contribution in [2.45, 2.75) is 13.8 Å². The normalized spacial score (nSPS) is 10.7. The van der Waals surface area contributed by atoms with Crippen LogP contribution >= 0.6 is 0 Å². The Morgan fingerprint density at radius 1 is 1.67 bits per heavy atom. The summed E-state index contributed by atoms with van der Waals surface area (Å²) in [6.45, 7) is 4.82. The van der Waals surface area contributed by atoms with Gasteiger partial charge in [-0.15, -0.1) is 5.10 Å². The van der Waals surface area contributed by atoms with Gasteiger partial charge >= 0.3 is 0 Å². The molecule has 0 aliphatic carbocycles. The smallest absolute Gasteiger partial charge is 0.256 e. The molecule has 0 saturated heterocycles.